The Morgan fingerprint density at radius 1 is 1.32 bits per heavy atom. The number of carbonyl (C=O) groups is 1. The van der Waals surface area contributed by atoms with E-state index in [0.29, 0.717) is 16.5 Å². The summed E-state index contributed by atoms with van der Waals surface area (Å²) in [5, 5.41) is 0.436. The number of amides is 1. The van der Waals surface area contributed by atoms with Gasteiger partial charge in [0.1, 0.15) is 0 Å². The van der Waals surface area contributed by atoms with E-state index in [2.05, 4.69) is 0 Å². The number of hydrogen-bond acceptors (Lipinski definition) is 3. The molecule has 0 aromatic heterocycles. The van der Waals surface area contributed by atoms with Gasteiger partial charge in [0.2, 0.25) is 0 Å². The topological polar surface area (TPSA) is 54.5 Å². The van der Waals surface area contributed by atoms with Crippen LogP contribution >= 0.6 is 11.6 Å². The Hall–Kier alpha value is -1.07. The van der Waals surface area contributed by atoms with Gasteiger partial charge in [-0.1, -0.05) is 24.1 Å². The lowest BCUT2D eigenvalue weighted by atomic mass is 9.79. The molecule has 1 heterocycles. The fourth-order valence-corrected chi connectivity index (χ4v) is 5.18. The summed E-state index contributed by atoms with van der Waals surface area (Å²) in [7, 11) is -3.05. The number of aryl methyl sites for hydroxylation is 1. The lowest BCUT2D eigenvalue weighted by molar-refractivity contribution is 0.0563. The summed E-state index contributed by atoms with van der Waals surface area (Å²) in [6.45, 7) is 2.19. The van der Waals surface area contributed by atoms with Gasteiger partial charge < -0.3 is 4.90 Å². The van der Waals surface area contributed by atoms with Crippen molar-refractivity contribution >= 4 is 27.3 Å². The molecular weight excluding hydrogens is 322 g/mol. The second-order valence-corrected chi connectivity index (χ2v) is 8.99. The SMILES string of the molecule is Cc1ccc(C(=O)N2CCS(=O)(=O)CC2C2CCC2)c(Cl)c1. The van der Waals surface area contributed by atoms with Crippen LogP contribution in [0, 0.1) is 12.8 Å². The molecule has 1 aliphatic carbocycles. The zero-order chi connectivity index (χ0) is 15.9. The van der Waals surface area contributed by atoms with Crippen molar-refractivity contribution in [2.45, 2.75) is 32.2 Å². The quantitative estimate of drug-likeness (QED) is 0.831. The molecule has 120 valence electrons. The molecule has 1 amide bonds. The van der Waals surface area contributed by atoms with Crippen molar-refractivity contribution in [3.05, 3.63) is 34.3 Å². The van der Waals surface area contributed by atoms with Gasteiger partial charge in [0.25, 0.3) is 5.91 Å². The standard InChI is InChI=1S/C16H20ClNO3S/c1-11-5-6-13(14(17)9-11)16(19)18-7-8-22(20,21)10-15(18)12-3-2-4-12/h5-6,9,12,15H,2-4,7-8,10H2,1H3. The van der Waals surface area contributed by atoms with E-state index in [1.165, 1.54) is 0 Å². The molecule has 1 unspecified atom stereocenters. The molecule has 1 aliphatic heterocycles. The van der Waals surface area contributed by atoms with E-state index in [9.17, 15) is 13.2 Å². The van der Waals surface area contributed by atoms with Gasteiger partial charge in [0, 0.05) is 12.6 Å². The molecule has 22 heavy (non-hydrogen) atoms. The van der Waals surface area contributed by atoms with Crippen molar-refractivity contribution in [3.63, 3.8) is 0 Å². The monoisotopic (exact) mass is 341 g/mol. The van der Waals surface area contributed by atoms with Crippen LogP contribution in [0.3, 0.4) is 0 Å². The molecule has 6 heteroatoms. The number of hydrogen-bond donors (Lipinski definition) is 0. The average Bonchev–Trinajstić information content (AvgIpc) is 2.35. The number of rotatable bonds is 2. The summed E-state index contributed by atoms with van der Waals surface area (Å²) < 4.78 is 23.9. The second-order valence-electron chi connectivity index (χ2n) is 6.35. The molecule has 0 radical (unpaired) electrons. The predicted octanol–water partition coefficient (Wildman–Crippen LogP) is 2.69. The first-order valence-electron chi connectivity index (χ1n) is 7.65. The first-order valence-corrected chi connectivity index (χ1v) is 9.85. The minimum atomic E-state index is -3.05. The highest BCUT2D eigenvalue weighted by Gasteiger charge is 2.41. The van der Waals surface area contributed by atoms with Crippen molar-refractivity contribution in [3.8, 4) is 0 Å². The Balaban J connectivity index is 1.89. The first-order chi connectivity index (χ1) is 10.4. The molecule has 2 aliphatic rings. The van der Waals surface area contributed by atoms with Gasteiger partial charge in [0.05, 0.1) is 22.1 Å². The zero-order valence-electron chi connectivity index (χ0n) is 12.6. The Morgan fingerprint density at radius 2 is 2.05 bits per heavy atom. The van der Waals surface area contributed by atoms with Gasteiger partial charge in [0.15, 0.2) is 9.84 Å². The van der Waals surface area contributed by atoms with Crippen molar-refractivity contribution in [1.29, 1.82) is 0 Å². The minimum absolute atomic E-state index is 0.0471. The average molecular weight is 342 g/mol. The molecule has 1 aromatic carbocycles. The molecule has 1 aromatic rings. The third-order valence-electron chi connectivity index (χ3n) is 4.78. The highest BCUT2D eigenvalue weighted by molar-refractivity contribution is 7.91. The van der Waals surface area contributed by atoms with Crippen LogP contribution in [-0.4, -0.2) is 43.3 Å². The van der Waals surface area contributed by atoms with E-state index in [1.807, 2.05) is 13.0 Å². The molecule has 0 bridgehead atoms. The number of carbonyl (C=O) groups excluding carboxylic acids is 1. The minimum Gasteiger partial charge on any atom is -0.333 e. The van der Waals surface area contributed by atoms with Crippen LogP contribution in [0.25, 0.3) is 0 Å². The van der Waals surface area contributed by atoms with Crippen molar-refractivity contribution in [2.24, 2.45) is 5.92 Å². The van der Waals surface area contributed by atoms with Gasteiger partial charge in [-0.3, -0.25) is 4.79 Å². The molecular formula is C16H20ClNO3S. The second kappa shape index (κ2) is 5.85. The molecule has 1 saturated heterocycles. The van der Waals surface area contributed by atoms with Crippen LogP contribution in [0.1, 0.15) is 35.2 Å². The zero-order valence-corrected chi connectivity index (χ0v) is 14.2. The summed E-state index contributed by atoms with van der Waals surface area (Å²) in [5.41, 5.74) is 1.47. The number of sulfone groups is 1. The number of halogens is 1. The third-order valence-corrected chi connectivity index (χ3v) is 6.74. The van der Waals surface area contributed by atoms with Crippen LogP contribution in [-0.2, 0) is 9.84 Å². The van der Waals surface area contributed by atoms with E-state index in [0.717, 1.165) is 24.8 Å². The molecule has 1 atom stereocenters. The third kappa shape index (κ3) is 3.01. The fourth-order valence-electron chi connectivity index (χ4n) is 3.25. The maximum atomic E-state index is 12.8. The van der Waals surface area contributed by atoms with Gasteiger partial charge >= 0.3 is 0 Å². The van der Waals surface area contributed by atoms with Crippen LogP contribution < -0.4 is 0 Å². The molecule has 0 N–H and O–H groups in total. The molecule has 3 rings (SSSR count). The largest absolute Gasteiger partial charge is 0.333 e. The summed E-state index contributed by atoms with van der Waals surface area (Å²) in [5.74, 6) is 0.304. The smallest absolute Gasteiger partial charge is 0.255 e. The van der Waals surface area contributed by atoms with Gasteiger partial charge in [-0.2, -0.15) is 0 Å². The lowest BCUT2D eigenvalue weighted by Gasteiger charge is -2.43. The van der Waals surface area contributed by atoms with E-state index in [4.69, 9.17) is 11.6 Å². The normalized spacial score (nSPS) is 24.8. The fraction of sp³-hybridized carbons (Fsp3) is 0.562. The van der Waals surface area contributed by atoms with Crippen molar-refractivity contribution in [2.75, 3.05) is 18.1 Å². The van der Waals surface area contributed by atoms with Gasteiger partial charge in [-0.15, -0.1) is 0 Å². The van der Waals surface area contributed by atoms with E-state index in [1.54, 1.807) is 17.0 Å². The van der Waals surface area contributed by atoms with Gasteiger partial charge in [-0.05, 0) is 43.4 Å². The highest BCUT2D eigenvalue weighted by atomic mass is 35.5. The highest BCUT2D eigenvalue weighted by Crippen LogP contribution is 2.35. The summed E-state index contributed by atoms with van der Waals surface area (Å²) in [6.07, 6.45) is 3.13. The van der Waals surface area contributed by atoms with Crippen molar-refractivity contribution in [1.82, 2.24) is 4.90 Å². The lowest BCUT2D eigenvalue weighted by Crippen LogP contribution is -2.55. The number of benzene rings is 1. The Labute approximate surface area is 136 Å². The molecule has 2 fully saturated rings. The molecule has 0 spiro atoms. The van der Waals surface area contributed by atoms with Crippen LogP contribution in [0.4, 0.5) is 0 Å². The van der Waals surface area contributed by atoms with E-state index < -0.39 is 9.84 Å². The predicted molar refractivity (Wildman–Crippen MR) is 87.0 cm³/mol. The maximum absolute atomic E-state index is 12.8. The van der Waals surface area contributed by atoms with Crippen LogP contribution in [0.2, 0.25) is 5.02 Å². The molecule has 4 nitrogen and oxygen atoms in total. The molecule has 1 saturated carbocycles. The Kier molecular flexibility index (Phi) is 4.21. The van der Waals surface area contributed by atoms with Crippen LogP contribution in [0.15, 0.2) is 18.2 Å². The summed E-state index contributed by atoms with van der Waals surface area (Å²) in [6, 6.07) is 5.17. The van der Waals surface area contributed by atoms with Crippen molar-refractivity contribution < 1.29 is 13.2 Å². The maximum Gasteiger partial charge on any atom is 0.255 e. The van der Waals surface area contributed by atoms with Crippen LogP contribution in [0.5, 0.6) is 0 Å². The first kappa shape index (κ1) is 15.8. The number of nitrogens with zero attached hydrogens (tertiary/aromatic N) is 1. The Morgan fingerprint density at radius 3 is 2.64 bits per heavy atom. The Bertz CT molecular complexity index is 697. The summed E-state index contributed by atoms with van der Waals surface area (Å²) >= 11 is 6.21. The van der Waals surface area contributed by atoms with E-state index in [-0.39, 0.29) is 30.0 Å². The van der Waals surface area contributed by atoms with E-state index >= 15 is 0 Å². The van der Waals surface area contributed by atoms with Gasteiger partial charge in [-0.25, -0.2) is 8.42 Å². The summed E-state index contributed by atoms with van der Waals surface area (Å²) in [4.78, 5) is 14.6.